The average molecular weight is 344 g/mol. The van der Waals surface area contributed by atoms with Gasteiger partial charge in [-0.15, -0.1) is 0 Å². The maximum atomic E-state index is 11.5. The van der Waals surface area contributed by atoms with Crippen molar-refractivity contribution < 1.29 is 9.53 Å². The van der Waals surface area contributed by atoms with Crippen molar-refractivity contribution in [2.45, 2.75) is 33.1 Å². The number of benzene rings is 1. The van der Waals surface area contributed by atoms with E-state index in [1.54, 1.807) is 19.2 Å². The summed E-state index contributed by atoms with van der Waals surface area (Å²) >= 11 is 6.31. The number of nitrogens with zero attached hydrogens (tertiary/aromatic N) is 1. The summed E-state index contributed by atoms with van der Waals surface area (Å²) in [6.07, 6.45) is 4.74. The lowest BCUT2D eigenvalue weighted by Crippen LogP contribution is -2.10. The van der Waals surface area contributed by atoms with Crippen molar-refractivity contribution in [2.24, 2.45) is 0 Å². The summed E-state index contributed by atoms with van der Waals surface area (Å²) in [5.41, 5.74) is 3.93. The normalized spacial score (nSPS) is 11.7. The fourth-order valence-corrected chi connectivity index (χ4v) is 2.63. The second-order valence-electron chi connectivity index (χ2n) is 6.48. The number of rotatable bonds is 4. The SMILES string of the molecule is CCOC(=O)C=Cc1ccnc(Cl)c1-c1ccc(C(C)(C)C)cc1. The summed E-state index contributed by atoms with van der Waals surface area (Å²) < 4.78 is 4.92. The Hall–Kier alpha value is -2.13. The van der Waals surface area contributed by atoms with Crippen LogP contribution in [0, 0.1) is 0 Å². The van der Waals surface area contributed by atoms with Gasteiger partial charge < -0.3 is 4.74 Å². The van der Waals surface area contributed by atoms with E-state index in [-0.39, 0.29) is 11.4 Å². The van der Waals surface area contributed by atoms with Gasteiger partial charge in [-0.05, 0) is 41.2 Å². The molecule has 0 radical (unpaired) electrons. The largest absolute Gasteiger partial charge is 0.463 e. The van der Waals surface area contributed by atoms with Crippen molar-refractivity contribution in [3.05, 3.63) is 58.9 Å². The fourth-order valence-electron chi connectivity index (χ4n) is 2.36. The standard InChI is InChI=1S/C20H22ClNO2/c1-5-24-17(23)11-8-15-12-13-22-19(21)18(15)14-6-9-16(10-7-14)20(2,3)4/h6-13H,5H2,1-4H3. The van der Waals surface area contributed by atoms with Gasteiger partial charge in [-0.3, -0.25) is 0 Å². The molecule has 0 aliphatic heterocycles. The molecule has 0 fully saturated rings. The molecule has 0 spiro atoms. The van der Waals surface area contributed by atoms with E-state index in [9.17, 15) is 4.79 Å². The topological polar surface area (TPSA) is 39.2 Å². The van der Waals surface area contributed by atoms with Gasteiger partial charge in [0.05, 0.1) is 6.61 Å². The molecule has 1 aromatic carbocycles. The number of esters is 1. The van der Waals surface area contributed by atoms with Crippen molar-refractivity contribution in [2.75, 3.05) is 6.61 Å². The second kappa shape index (κ2) is 7.63. The molecule has 4 heteroatoms. The molecule has 126 valence electrons. The highest BCUT2D eigenvalue weighted by Crippen LogP contribution is 2.32. The van der Waals surface area contributed by atoms with Crippen LogP contribution in [-0.4, -0.2) is 17.6 Å². The number of halogens is 1. The first-order valence-corrected chi connectivity index (χ1v) is 8.31. The molecule has 0 saturated heterocycles. The van der Waals surface area contributed by atoms with Crippen molar-refractivity contribution in [1.29, 1.82) is 0 Å². The molecule has 0 saturated carbocycles. The van der Waals surface area contributed by atoms with Crippen molar-refractivity contribution >= 4 is 23.6 Å². The first-order chi connectivity index (χ1) is 11.3. The fraction of sp³-hybridized carbons (Fsp3) is 0.300. The van der Waals surface area contributed by atoms with Crippen LogP contribution in [0.2, 0.25) is 5.15 Å². The zero-order chi connectivity index (χ0) is 17.7. The van der Waals surface area contributed by atoms with Crippen LogP contribution in [0.3, 0.4) is 0 Å². The molecule has 0 aliphatic rings. The van der Waals surface area contributed by atoms with E-state index in [0.717, 1.165) is 16.7 Å². The maximum absolute atomic E-state index is 11.5. The van der Waals surface area contributed by atoms with E-state index in [2.05, 4.69) is 37.9 Å². The summed E-state index contributed by atoms with van der Waals surface area (Å²) in [7, 11) is 0. The van der Waals surface area contributed by atoms with E-state index in [1.807, 2.05) is 18.2 Å². The second-order valence-corrected chi connectivity index (χ2v) is 6.84. The van der Waals surface area contributed by atoms with Crippen LogP contribution < -0.4 is 0 Å². The Labute approximate surface area is 148 Å². The van der Waals surface area contributed by atoms with Gasteiger partial charge in [-0.1, -0.05) is 56.6 Å². The first kappa shape index (κ1) is 18.2. The van der Waals surface area contributed by atoms with Crippen molar-refractivity contribution in [3.63, 3.8) is 0 Å². The number of carbonyl (C=O) groups excluding carboxylic acids is 1. The Balaban J connectivity index is 2.41. The molecule has 0 unspecified atom stereocenters. The quantitative estimate of drug-likeness (QED) is 0.431. The number of carbonyl (C=O) groups is 1. The summed E-state index contributed by atoms with van der Waals surface area (Å²) in [5.74, 6) is -0.375. The summed E-state index contributed by atoms with van der Waals surface area (Å²) in [5, 5.41) is 0.407. The Morgan fingerprint density at radius 1 is 1.21 bits per heavy atom. The Kier molecular flexibility index (Phi) is 5.79. The van der Waals surface area contributed by atoms with Crippen LogP contribution in [0.25, 0.3) is 17.2 Å². The molecule has 0 amide bonds. The zero-order valence-corrected chi connectivity index (χ0v) is 15.2. The predicted molar refractivity (Wildman–Crippen MR) is 99.1 cm³/mol. The third-order valence-corrected chi connectivity index (χ3v) is 3.95. The van der Waals surface area contributed by atoms with Gasteiger partial charge in [0, 0.05) is 17.8 Å². The highest BCUT2D eigenvalue weighted by atomic mass is 35.5. The predicted octanol–water partition coefficient (Wildman–Crippen LogP) is 5.28. The third-order valence-electron chi connectivity index (χ3n) is 3.66. The Morgan fingerprint density at radius 3 is 2.46 bits per heavy atom. The third kappa shape index (κ3) is 4.45. The molecule has 1 aromatic heterocycles. The average Bonchev–Trinajstić information content (AvgIpc) is 2.52. The molecule has 1 heterocycles. The van der Waals surface area contributed by atoms with Gasteiger partial charge in [0.2, 0.25) is 0 Å². The highest BCUT2D eigenvalue weighted by molar-refractivity contribution is 6.32. The minimum atomic E-state index is -0.375. The monoisotopic (exact) mass is 343 g/mol. The number of hydrogen-bond acceptors (Lipinski definition) is 3. The number of ether oxygens (including phenoxy) is 1. The molecular formula is C20H22ClNO2. The molecule has 0 atom stereocenters. The van der Waals surface area contributed by atoms with Crippen LogP contribution in [0.1, 0.15) is 38.8 Å². The van der Waals surface area contributed by atoms with Crippen LogP contribution in [0.5, 0.6) is 0 Å². The summed E-state index contributed by atoms with van der Waals surface area (Å²) in [4.78, 5) is 15.7. The molecule has 2 rings (SSSR count). The smallest absolute Gasteiger partial charge is 0.330 e. The lowest BCUT2D eigenvalue weighted by molar-refractivity contribution is -0.137. The van der Waals surface area contributed by atoms with E-state index < -0.39 is 0 Å². The Morgan fingerprint density at radius 2 is 1.88 bits per heavy atom. The number of hydrogen-bond donors (Lipinski definition) is 0. The van der Waals surface area contributed by atoms with Crippen molar-refractivity contribution in [3.8, 4) is 11.1 Å². The number of pyridine rings is 1. The summed E-state index contributed by atoms with van der Waals surface area (Å²) in [6.45, 7) is 8.64. The molecule has 0 aliphatic carbocycles. The first-order valence-electron chi connectivity index (χ1n) is 7.93. The molecule has 2 aromatic rings. The molecular weight excluding hydrogens is 322 g/mol. The van der Waals surface area contributed by atoms with Crippen molar-refractivity contribution in [1.82, 2.24) is 4.98 Å². The molecule has 3 nitrogen and oxygen atoms in total. The van der Waals surface area contributed by atoms with Gasteiger partial charge in [0.15, 0.2) is 0 Å². The highest BCUT2D eigenvalue weighted by Gasteiger charge is 2.15. The van der Waals surface area contributed by atoms with Gasteiger partial charge >= 0.3 is 5.97 Å². The van der Waals surface area contributed by atoms with E-state index >= 15 is 0 Å². The van der Waals surface area contributed by atoms with E-state index in [1.165, 1.54) is 11.6 Å². The van der Waals surface area contributed by atoms with Crippen LogP contribution in [-0.2, 0) is 14.9 Å². The van der Waals surface area contributed by atoms with Gasteiger partial charge in [0.1, 0.15) is 5.15 Å². The van der Waals surface area contributed by atoms with Crippen LogP contribution >= 0.6 is 11.6 Å². The maximum Gasteiger partial charge on any atom is 0.330 e. The molecule has 24 heavy (non-hydrogen) atoms. The van der Waals surface area contributed by atoms with Gasteiger partial charge in [-0.25, -0.2) is 9.78 Å². The van der Waals surface area contributed by atoms with E-state index in [4.69, 9.17) is 16.3 Å². The lowest BCUT2D eigenvalue weighted by Gasteiger charge is -2.19. The van der Waals surface area contributed by atoms with Gasteiger partial charge in [0.25, 0.3) is 0 Å². The minimum Gasteiger partial charge on any atom is -0.463 e. The Bertz CT molecular complexity index is 743. The van der Waals surface area contributed by atoms with E-state index in [0.29, 0.717) is 11.8 Å². The van der Waals surface area contributed by atoms with Crippen LogP contribution in [0.4, 0.5) is 0 Å². The molecule has 0 N–H and O–H groups in total. The molecule has 0 bridgehead atoms. The summed E-state index contributed by atoms with van der Waals surface area (Å²) in [6, 6.07) is 10.1. The zero-order valence-electron chi connectivity index (χ0n) is 14.5. The van der Waals surface area contributed by atoms with Gasteiger partial charge in [-0.2, -0.15) is 0 Å². The number of aromatic nitrogens is 1. The minimum absolute atomic E-state index is 0.0872. The van der Waals surface area contributed by atoms with Crippen LogP contribution in [0.15, 0.2) is 42.6 Å². The lowest BCUT2D eigenvalue weighted by atomic mass is 9.86.